The predicted octanol–water partition coefficient (Wildman–Crippen LogP) is 4.22. The number of hydrogen-bond donors (Lipinski definition) is 2. The van der Waals surface area contributed by atoms with Gasteiger partial charge in [0.25, 0.3) is 0 Å². The second-order valence-corrected chi connectivity index (χ2v) is 12.2. The van der Waals surface area contributed by atoms with Gasteiger partial charge in [-0.1, -0.05) is 54.6 Å². The Labute approximate surface area is 273 Å². The first kappa shape index (κ1) is 30.4. The summed E-state index contributed by atoms with van der Waals surface area (Å²) in [5, 5.41) is 34.2. The first-order valence-electron chi connectivity index (χ1n) is 16.0. The molecular formula is C34H40N12O. The van der Waals surface area contributed by atoms with Crippen molar-refractivity contribution in [3.63, 3.8) is 0 Å². The van der Waals surface area contributed by atoms with E-state index in [-0.39, 0.29) is 0 Å². The third-order valence-corrected chi connectivity index (χ3v) is 8.66. The van der Waals surface area contributed by atoms with Gasteiger partial charge in [-0.2, -0.15) is 9.03 Å². The highest BCUT2D eigenvalue weighted by Crippen LogP contribution is 2.25. The summed E-state index contributed by atoms with van der Waals surface area (Å²) in [4.78, 5) is 4.27. The van der Waals surface area contributed by atoms with Gasteiger partial charge in [-0.3, -0.25) is 0 Å². The Morgan fingerprint density at radius 2 is 1.43 bits per heavy atom. The SMILES string of the molecule is CNc1cc(N(C)Cc2ccccc2)nn2c(Cc3ccc(CN(C)c4cc(NCC5CCOC5)c5nnc(C)n5n4)cc3)nnc12. The van der Waals surface area contributed by atoms with Crippen LogP contribution in [0.1, 0.15) is 34.8 Å². The normalized spacial score (nSPS) is 14.6. The van der Waals surface area contributed by atoms with E-state index in [2.05, 4.69) is 102 Å². The average Bonchev–Trinajstić information content (AvgIpc) is 3.85. The van der Waals surface area contributed by atoms with Crippen molar-refractivity contribution in [1.82, 2.24) is 39.6 Å². The number of nitrogens with zero attached hydrogens (tertiary/aromatic N) is 10. The van der Waals surface area contributed by atoms with Crippen LogP contribution in [0.2, 0.25) is 0 Å². The van der Waals surface area contributed by atoms with Crippen LogP contribution < -0.4 is 20.4 Å². The van der Waals surface area contributed by atoms with Crippen LogP contribution in [0.25, 0.3) is 11.3 Å². The highest BCUT2D eigenvalue weighted by Gasteiger charge is 2.19. The Kier molecular flexibility index (Phi) is 8.53. The molecule has 0 amide bonds. The fourth-order valence-corrected chi connectivity index (χ4v) is 5.91. The van der Waals surface area contributed by atoms with Crippen molar-refractivity contribution in [3.8, 4) is 0 Å². The van der Waals surface area contributed by atoms with Crippen LogP contribution in [0, 0.1) is 12.8 Å². The van der Waals surface area contributed by atoms with Crippen molar-refractivity contribution in [3.05, 3.63) is 95.1 Å². The molecule has 0 saturated carbocycles. The lowest BCUT2D eigenvalue weighted by molar-refractivity contribution is 0.187. The summed E-state index contributed by atoms with van der Waals surface area (Å²) in [5.74, 6) is 3.70. The molecule has 0 bridgehead atoms. The topological polar surface area (TPSA) is 126 Å². The van der Waals surface area contributed by atoms with E-state index in [1.807, 2.05) is 42.2 Å². The van der Waals surface area contributed by atoms with E-state index in [9.17, 15) is 0 Å². The van der Waals surface area contributed by atoms with Crippen LogP contribution in [0.15, 0.2) is 66.7 Å². The molecule has 13 heteroatoms. The van der Waals surface area contributed by atoms with Crippen molar-refractivity contribution >= 4 is 34.3 Å². The molecule has 0 radical (unpaired) electrons. The molecule has 0 aliphatic carbocycles. The van der Waals surface area contributed by atoms with Crippen molar-refractivity contribution < 1.29 is 4.74 Å². The van der Waals surface area contributed by atoms with Crippen LogP contribution in [-0.4, -0.2) is 80.5 Å². The average molecular weight is 633 g/mol. The first-order chi connectivity index (χ1) is 22.9. The van der Waals surface area contributed by atoms with Crippen LogP contribution >= 0.6 is 0 Å². The van der Waals surface area contributed by atoms with Gasteiger partial charge in [-0.25, -0.2) is 0 Å². The summed E-state index contributed by atoms with van der Waals surface area (Å²) in [6.45, 7) is 5.79. The zero-order chi connectivity index (χ0) is 32.3. The van der Waals surface area contributed by atoms with E-state index >= 15 is 0 Å². The van der Waals surface area contributed by atoms with Crippen LogP contribution in [0.4, 0.5) is 23.0 Å². The molecule has 1 aliphatic heterocycles. The smallest absolute Gasteiger partial charge is 0.201 e. The maximum atomic E-state index is 5.55. The lowest BCUT2D eigenvalue weighted by atomic mass is 10.1. The Bertz CT molecular complexity index is 1970. The van der Waals surface area contributed by atoms with Crippen molar-refractivity contribution in [2.24, 2.45) is 5.92 Å². The molecule has 47 heavy (non-hydrogen) atoms. The summed E-state index contributed by atoms with van der Waals surface area (Å²) >= 11 is 0. The number of aromatic nitrogens is 8. The molecular weight excluding hydrogens is 592 g/mol. The first-order valence-corrected chi connectivity index (χ1v) is 16.0. The minimum atomic E-state index is 0.492. The van der Waals surface area contributed by atoms with Crippen LogP contribution in [0.5, 0.6) is 0 Å². The van der Waals surface area contributed by atoms with Gasteiger partial charge in [0.2, 0.25) is 11.3 Å². The van der Waals surface area contributed by atoms with Crippen LogP contribution in [0.3, 0.4) is 0 Å². The summed E-state index contributed by atoms with van der Waals surface area (Å²) in [6, 6.07) is 23.1. The largest absolute Gasteiger partial charge is 0.385 e. The van der Waals surface area contributed by atoms with E-state index in [0.717, 1.165) is 78.6 Å². The quantitative estimate of drug-likeness (QED) is 0.201. The summed E-state index contributed by atoms with van der Waals surface area (Å²) < 4.78 is 9.21. The lowest BCUT2D eigenvalue weighted by Gasteiger charge is -2.20. The molecule has 13 nitrogen and oxygen atoms in total. The maximum Gasteiger partial charge on any atom is 0.201 e. The number of benzene rings is 2. The molecule has 1 unspecified atom stereocenters. The zero-order valence-electron chi connectivity index (χ0n) is 27.3. The van der Waals surface area contributed by atoms with E-state index < -0.39 is 0 Å². The number of nitrogens with one attached hydrogen (secondary N) is 2. The Morgan fingerprint density at radius 1 is 0.787 bits per heavy atom. The molecule has 1 atom stereocenters. The molecule has 1 aliphatic rings. The molecule has 7 rings (SSSR count). The Morgan fingerprint density at radius 3 is 2.13 bits per heavy atom. The number of rotatable bonds is 12. The molecule has 4 aromatic heterocycles. The number of fused-ring (bicyclic) bond motifs is 2. The van der Waals surface area contributed by atoms with Crippen LogP contribution in [-0.2, 0) is 24.2 Å². The summed E-state index contributed by atoms with van der Waals surface area (Å²) in [5.41, 5.74) is 6.76. The van der Waals surface area contributed by atoms with E-state index in [1.165, 1.54) is 11.1 Å². The molecule has 242 valence electrons. The summed E-state index contributed by atoms with van der Waals surface area (Å²) in [6.07, 6.45) is 1.67. The third kappa shape index (κ3) is 6.52. The van der Waals surface area contributed by atoms with Crippen molar-refractivity contribution in [1.29, 1.82) is 0 Å². The van der Waals surface area contributed by atoms with E-state index in [4.69, 9.17) is 14.9 Å². The molecule has 6 aromatic rings. The molecule has 1 saturated heterocycles. The van der Waals surface area contributed by atoms with Gasteiger partial charge in [0.05, 0.1) is 18.0 Å². The molecule has 5 heterocycles. The molecule has 1 fully saturated rings. The molecule has 2 aromatic carbocycles. The third-order valence-electron chi connectivity index (χ3n) is 8.66. The fraction of sp³-hybridized carbons (Fsp3) is 0.353. The Hall–Kier alpha value is -5.30. The highest BCUT2D eigenvalue weighted by atomic mass is 16.5. The minimum absolute atomic E-state index is 0.492. The fourth-order valence-electron chi connectivity index (χ4n) is 5.91. The number of ether oxygens (including phenoxy) is 1. The zero-order valence-corrected chi connectivity index (χ0v) is 27.3. The van der Waals surface area contributed by atoms with Crippen molar-refractivity contribution in [2.75, 3.05) is 61.3 Å². The van der Waals surface area contributed by atoms with E-state index in [1.54, 1.807) is 0 Å². The van der Waals surface area contributed by atoms with Crippen molar-refractivity contribution in [2.45, 2.75) is 32.9 Å². The van der Waals surface area contributed by atoms with Gasteiger partial charge < -0.3 is 25.2 Å². The van der Waals surface area contributed by atoms with Gasteiger partial charge in [0.15, 0.2) is 23.3 Å². The monoisotopic (exact) mass is 632 g/mol. The van der Waals surface area contributed by atoms with Gasteiger partial charge in [-0.05, 0) is 30.0 Å². The second-order valence-electron chi connectivity index (χ2n) is 12.2. The Balaban J connectivity index is 1.06. The lowest BCUT2D eigenvalue weighted by Crippen LogP contribution is -2.20. The second kappa shape index (κ2) is 13.2. The molecule has 0 spiro atoms. The number of aryl methyl sites for hydroxylation is 1. The van der Waals surface area contributed by atoms with Gasteiger partial charge in [0, 0.05) is 71.9 Å². The summed E-state index contributed by atoms with van der Waals surface area (Å²) in [7, 11) is 5.99. The highest BCUT2D eigenvalue weighted by molar-refractivity contribution is 5.71. The maximum absolute atomic E-state index is 5.55. The standard InChI is InChI=1S/C34H40N12O/c1-23-37-39-34-29(36-19-27-14-15-47-22-27)18-32(41-45(23)34)44(4)21-26-12-10-24(11-13-26)16-30-38-40-33-28(35-2)17-31(42-46(30)33)43(3)20-25-8-6-5-7-9-25/h5-13,17-18,27,35-36H,14-16,19-22H2,1-4H3. The predicted molar refractivity (Wildman–Crippen MR) is 183 cm³/mol. The minimum Gasteiger partial charge on any atom is -0.385 e. The number of hydrogen-bond acceptors (Lipinski definition) is 11. The van der Waals surface area contributed by atoms with Gasteiger partial charge in [0.1, 0.15) is 0 Å². The van der Waals surface area contributed by atoms with E-state index in [0.29, 0.717) is 24.5 Å². The molecule has 2 N–H and O–H groups in total. The number of anilines is 4. The van der Waals surface area contributed by atoms with Gasteiger partial charge in [-0.15, -0.1) is 30.6 Å². The van der Waals surface area contributed by atoms with Gasteiger partial charge >= 0.3 is 0 Å².